The summed E-state index contributed by atoms with van der Waals surface area (Å²) in [6.45, 7) is 0. The van der Waals surface area contributed by atoms with E-state index in [0.29, 0.717) is 0 Å². The maximum atomic E-state index is 5.81. The molecule has 0 spiro atoms. The Morgan fingerprint density at radius 1 is 1.21 bits per heavy atom. The van der Waals surface area contributed by atoms with E-state index in [1.807, 2.05) is 0 Å². The molecule has 1 nitrogen and oxygen atoms in total. The van der Waals surface area contributed by atoms with E-state index in [4.69, 9.17) is 4.52 Å². The van der Waals surface area contributed by atoms with E-state index >= 15 is 0 Å². The molecule has 0 amide bonds. The molecule has 1 heterocycles. The summed E-state index contributed by atoms with van der Waals surface area (Å²) in [5.41, 5.74) is 3.10. The van der Waals surface area contributed by atoms with Crippen LogP contribution in [0.25, 0.3) is 0 Å². The van der Waals surface area contributed by atoms with Crippen LogP contribution in [0.5, 0.6) is 0 Å². The Kier molecular flexibility index (Phi) is 1.35. The van der Waals surface area contributed by atoms with Crippen molar-refractivity contribution in [3.8, 4) is 0 Å². The van der Waals surface area contributed by atoms with Crippen LogP contribution < -0.4 is 0 Å². The zero-order valence-corrected chi connectivity index (χ0v) is 8.71. The predicted octanol–water partition coefficient (Wildman–Crippen LogP) is 2.88. The first-order valence-corrected chi connectivity index (χ1v) is 6.09. The minimum atomic E-state index is 0.252. The summed E-state index contributed by atoms with van der Waals surface area (Å²) in [5.74, 6) is 1.79. The molecule has 14 heavy (non-hydrogen) atoms. The monoisotopic (exact) mass is 202 g/mol. The van der Waals surface area contributed by atoms with Gasteiger partial charge in [-0.25, -0.2) is 0 Å². The van der Waals surface area contributed by atoms with Gasteiger partial charge in [0.05, 0.1) is 8.43 Å². The molecule has 3 unspecified atom stereocenters. The van der Waals surface area contributed by atoms with Crippen LogP contribution in [0.15, 0.2) is 35.5 Å². The van der Waals surface area contributed by atoms with Crippen molar-refractivity contribution >= 4 is 13.7 Å². The van der Waals surface area contributed by atoms with Crippen LogP contribution in [0.2, 0.25) is 0 Å². The summed E-state index contributed by atoms with van der Waals surface area (Å²) in [6, 6.07) is 0. The van der Waals surface area contributed by atoms with Gasteiger partial charge in [0, 0.05) is 5.29 Å². The van der Waals surface area contributed by atoms with Gasteiger partial charge in [-0.3, -0.25) is 0 Å². The summed E-state index contributed by atoms with van der Waals surface area (Å²) in [7, 11) is 1.14. The molecule has 0 saturated heterocycles. The SMILES string of the molecule is C1=CC2=C3C(=POC2C=C1)C1CCC31. The molecular formula is C12H11OP. The van der Waals surface area contributed by atoms with Crippen molar-refractivity contribution in [2.24, 2.45) is 11.8 Å². The number of rotatable bonds is 0. The molecule has 3 atom stereocenters. The van der Waals surface area contributed by atoms with E-state index in [1.54, 1.807) is 10.9 Å². The first kappa shape index (κ1) is 7.62. The van der Waals surface area contributed by atoms with E-state index < -0.39 is 0 Å². The molecule has 2 fully saturated rings. The molecule has 0 aromatic carbocycles. The molecule has 0 radical (unpaired) electrons. The fourth-order valence-corrected chi connectivity index (χ4v) is 4.17. The van der Waals surface area contributed by atoms with Gasteiger partial charge in [-0.05, 0) is 35.8 Å². The molecule has 3 aliphatic carbocycles. The van der Waals surface area contributed by atoms with Crippen molar-refractivity contribution in [2.45, 2.75) is 18.9 Å². The van der Waals surface area contributed by atoms with Crippen molar-refractivity contribution in [1.29, 1.82) is 0 Å². The summed E-state index contributed by atoms with van der Waals surface area (Å²) >= 11 is 0. The maximum Gasteiger partial charge on any atom is 0.112 e. The second kappa shape index (κ2) is 2.48. The zero-order valence-electron chi connectivity index (χ0n) is 7.81. The molecule has 2 heteroatoms. The Balaban J connectivity index is 1.86. The highest BCUT2D eigenvalue weighted by Crippen LogP contribution is 2.57. The highest BCUT2D eigenvalue weighted by Gasteiger charge is 2.51. The summed E-state index contributed by atoms with van der Waals surface area (Å²) in [6.07, 6.45) is 11.7. The zero-order chi connectivity index (χ0) is 9.12. The molecule has 4 rings (SSSR count). The molecule has 0 aromatic heterocycles. The lowest BCUT2D eigenvalue weighted by Crippen LogP contribution is -2.49. The lowest BCUT2D eigenvalue weighted by Gasteiger charge is -2.53. The Hall–Kier alpha value is -0.650. The average Bonchev–Trinajstić information content (AvgIpc) is 2.19. The Morgan fingerprint density at radius 2 is 2.14 bits per heavy atom. The third-order valence-corrected chi connectivity index (χ3v) is 4.93. The molecule has 0 bridgehead atoms. The van der Waals surface area contributed by atoms with Crippen LogP contribution in [0.4, 0.5) is 0 Å². The number of fused-ring (bicyclic) bond motifs is 5. The third kappa shape index (κ3) is 0.747. The van der Waals surface area contributed by atoms with Crippen molar-refractivity contribution in [3.63, 3.8) is 0 Å². The molecule has 1 aliphatic heterocycles. The van der Waals surface area contributed by atoms with Gasteiger partial charge >= 0.3 is 0 Å². The largest absolute Gasteiger partial charge is 0.314 e. The van der Waals surface area contributed by atoms with Gasteiger partial charge in [0.1, 0.15) is 6.10 Å². The predicted molar refractivity (Wildman–Crippen MR) is 58.3 cm³/mol. The highest BCUT2D eigenvalue weighted by molar-refractivity contribution is 7.36. The lowest BCUT2D eigenvalue weighted by molar-refractivity contribution is 0.245. The van der Waals surface area contributed by atoms with Gasteiger partial charge in [-0.1, -0.05) is 24.3 Å². The third-order valence-electron chi connectivity index (χ3n) is 3.83. The van der Waals surface area contributed by atoms with Crippen molar-refractivity contribution in [1.82, 2.24) is 0 Å². The smallest absolute Gasteiger partial charge is 0.112 e. The fraction of sp³-hybridized carbons (Fsp3) is 0.417. The van der Waals surface area contributed by atoms with Crippen molar-refractivity contribution in [2.75, 3.05) is 0 Å². The van der Waals surface area contributed by atoms with Crippen LogP contribution in [0, 0.1) is 11.8 Å². The van der Waals surface area contributed by atoms with E-state index in [2.05, 4.69) is 24.3 Å². The van der Waals surface area contributed by atoms with Gasteiger partial charge in [0.15, 0.2) is 0 Å². The standard InChI is InChI=1S/C12H11OP/c1-2-4-10-9(3-1)11-7-5-6-8(7)12(11)14-13-10/h1-4,7-8,10H,5-6H2. The maximum absolute atomic E-state index is 5.81. The van der Waals surface area contributed by atoms with Gasteiger partial charge in [0.25, 0.3) is 0 Å². The molecule has 0 N–H and O–H groups in total. The molecule has 2 saturated carbocycles. The van der Waals surface area contributed by atoms with Gasteiger partial charge in [-0.15, -0.1) is 0 Å². The van der Waals surface area contributed by atoms with Crippen molar-refractivity contribution < 1.29 is 4.52 Å². The Morgan fingerprint density at radius 3 is 3.00 bits per heavy atom. The van der Waals surface area contributed by atoms with Gasteiger partial charge in [0.2, 0.25) is 0 Å². The van der Waals surface area contributed by atoms with Crippen LogP contribution >= 0.6 is 8.43 Å². The first-order valence-electron chi connectivity index (χ1n) is 5.28. The minimum absolute atomic E-state index is 0.252. The van der Waals surface area contributed by atoms with E-state index in [1.165, 1.54) is 18.4 Å². The van der Waals surface area contributed by atoms with Gasteiger partial charge in [-0.2, -0.15) is 0 Å². The first-order chi connectivity index (χ1) is 6.95. The van der Waals surface area contributed by atoms with Crippen LogP contribution in [0.3, 0.4) is 0 Å². The fourth-order valence-electron chi connectivity index (χ4n) is 2.92. The van der Waals surface area contributed by atoms with Crippen LogP contribution in [0.1, 0.15) is 12.8 Å². The molecule has 4 aliphatic rings. The second-order valence-corrected chi connectivity index (χ2v) is 5.28. The average molecular weight is 202 g/mol. The quantitative estimate of drug-likeness (QED) is 0.549. The van der Waals surface area contributed by atoms with E-state index in [-0.39, 0.29) is 6.10 Å². The molecular weight excluding hydrogens is 191 g/mol. The molecule has 70 valence electrons. The van der Waals surface area contributed by atoms with Crippen LogP contribution in [-0.4, -0.2) is 11.4 Å². The number of allylic oxidation sites excluding steroid dienone is 3. The normalized spacial score (nSPS) is 42.9. The highest BCUT2D eigenvalue weighted by atomic mass is 31.1. The summed E-state index contributed by atoms with van der Waals surface area (Å²) < 4.78 is 5.81. The number of hydrogen-bond donors (Lipinski definition) is 0. The van der Waals surface area contributed by atoms with Gasteiger partial charge < -0.3 is 4.52 Å². The van der Waals surface area contributed by atoms with Crippen molar-refractivity contribution in [3.05, 3.63) is 35.5 Å². The van der Waals surface area contributed by atoms with E-state index in [9.17, 15) is 0 Å². The Labute approximate surface area is 85.0 Å². The number of hydrogen-bond acceptors (Lipinski definition) is 1. The Bertz CT molecular complexity index is 428. The van der Waals surface area contributed by atoms with E-state index in [0.717, 1.165) is 20.3 Å². The topological polar surface area (TPSA) is 9.23 Å². The second-order valence-electron chi connectivity index (χ2n) is 4.41. The molecule has 0 aromatic rings. The summed E-state index contributed by atoms with van der Waals surface area (Å²) in [5, 5.41) is 1.59. The van der Waals surface area contributed by atoms with Crippen LogP contribution in [-0.2, 0) is 4.52 Å². The lowest BCUT2D eigenvalue weighted by atomic mass is 9.55. The minimum Gasteiger partial charge on any atom is -0.314 e. The summed E-state index contributed by atoms with van der Waals surface area (Å²) in [4.78, 5) is 0.